The van der Waals surface area contributed by atoms with Crippen LogP contribution in [-0.4, -0.2) is 14.8 Å². The van der Waals surface area contributed by atoms with E-state index in [4.69, 9.17) is 0 Å². The van der Waals surface area contributed by atoms with E-state index in [1.54, 1.807) is 0 Å². The smallest absolute Gasteiger partial charge is 0.244 e. The molecule has 0 aromatic heterocycles. The van der Waals surface area contributed by atoms with Crippen molar-refractivity contribution in [3.05, 3.63) is 263 Å². The lowest BCUT2D eigenvalue weighted by atomic mass is 9.34. The normalized spacial score (nSPS) is 14.6. The fourth-order valence-electron chi connectivity index (χ4n) is 12.3. The van der Waals surface area contributed by atoms with Gasteiger partial charge in [0.2, 0.25) is 6.71 Å². The first-order valence-corrected chi connectivity index (χ1v) is 28.4. The fraction of sp³-hybridized carbons (Fsp3) is 0.134. The van der Waals surface area contributed by atoms with Crippen LogP contribution in [0.3, 0.4) is 0 Å². The summed E-state index contributed by atoms with van der Waals surface area (Å²) in [5, 5.41) is 5.68. The predicted octanol–water partition coefficient (Wildman–Crippen LogP) is 14.7. The van der Waals surface area contributed by atoms with E-state index in [9.17, 15) is 0 Å². The maximum atomic E-state index is 2.60. The molecule has 0 aliphatic carbocycles. The maximum Gasteiger partial charge on any atom is 0.244 e. The number of hydrogen-bond donors (Lipinski definition) is 0. The van der Waals surface area contributed by atoms with Gasteiger partial charge in [0.25, 0.3) is 0 Å². The summed E-state index contributed by atoms with van der Waals surface area (Å²) in [7, 11) is -3.23. The van der Waals surface area contributed by atoms with Crippen molar-refractivity contribution in [3.63, 3.8) is 0 Å². The first kappa shape index (κ1) is 45.1. The molecule has 1 nitrogen and oxygen atoms in total. The molecule has 0 saturated heterocycles. The molecule has 0 amide bonds. The molecule has 0 radical (unpaired) electrons. The van der Waals surface area contributed by atoms with Crippen molar-refractivity contribution >= 4 is 91.9 Å². The quantitative estimate of drug-likeness (QED) is 0.133. The number of rotatable bonds is 9. The summed E-state index contributed by atoms with van der Waals surface area (Å²) in [5.74, 6) is 1.22. The van der Waals surface area contributed by atoms with Crippen LogP contribution in [0.1, 0.15) is 98.2 Å². The molecule has 0 N–H and O–H groups in total. The van der Waals surface area contributed by atoms with Gasteiger partial charge in [0.05, 0.1) is 0 Å². The number of benzene rings is 9. The molecule has 71 heavy (non-hydrogen) atoms. The summed E-state index contributed by atoms with van der Waals surface area (Å²) in [5.41, 5.74) is 20.0. The van der Waals surface area contributed by atoms with Crippen LogP contribution < -0.4 is 31.7 Å². The largest absolute Gasteiger partial charge is 0.311 e. The van der Waals surface area contributed by atoms with Crippen molar-refractivity contribution in [2.75, 3.05) is 4.90 Å². The molecular weight excluding hydrogens is 890 g/mol. The van der Waals surface area contributed by atoms with Crippen molar-refractivity contribution < 1.29 is 0 Å². The lowest BCUT2D eigenvalue weighted by Gasteiger charge is -2.46. The van der Waals surface area contributed by atoms with Crippen molar-refractivity contribution in [2.24, 2.45) is 0 Å². The molecule has 9 aromatic rings. The Balaban J connectivity index is 1.15. The topological polar surface area (TPSA) is 3.24 Å². The molecule has 0 fully saturated rings. The Bertz CT molecular complexity index is 3360. The van der Waals surface area contributed by atoms with E-state index in [0.717, 1.165) is 0 Å². The van der Waals surface area contributed by atoms with E-state index in [2.05, 4.69) is 271 Å². The molecule has 9 aromatic carbocycles. The third-order valence-electron chi connectivity index (χ3n) is 15.3. The van der Waals surface area contributed by atoms with E-state index in [0.29, 0.717) is 17.8 Å². The molecule has 0 bridgehead atoms. The molecule has 344 valence electrons. The highest BCUT2D eigenvalue weighted by molar-refractivity contribution is 8.00. The lowest BCUT2D eigenvalue weighted by Crippen LogP contribution is -2.64. The number of para-hydroxylation sites is 2. The predicted molar refractivity (Wildman–Crippen MR) is 309 cm³/mol. The molecule has 12 rings (SSSR count). The highest BCUT2D eigenvalue weighted by atomic mass is 32.2. The zero-order valence-corrected chi connectivity index (χ0v) is 43.3. The molecule has 0 saturated carbocycles. The van der Waals surface area contributed by atoms with Crippen LogP contribution in [0.15, 0.2) is 234 Å². The molecular formula is C67H58BNSSi. The minimum absolute atomic E-state index is 0.118. The molecule has 4 heteroatoms. The van der Waals surface area contributed by atoms with Crippen molar-refractivity contribution in [1.29, 1.82) is 0 Å². The molecule has 0 unspecified atom stereocenters. The van der Waals surface area contributed by atoms with Crippen LogP contribution in [0.5, 0.6) is 0 Å². The van der Waals surface area contributed by atoms with Gasteiger partial charge in [-0.1, -0.05) is 264 Å². The van der Waals surface area contributed by atoms with E-state index >= 15 is 0 Å². The summed E-state index contributed by atoms with van der Waals surface area (Å²) in [6.07, 6.45) is 0. The minimum Gasteiger partial charge on any atom is -0.311 e. The number of hydrogen-bond acceptors (Lipinski definition) is 2. The highest BCUT2D eigenvalue weighted by Gasteiger charge is 2.57. The fourth-order valence-corrected chi connectivity index (χ4v) is 19.4. The third kappa shape index (κ3) is 7.29. The van der Waals surface area contributed by atoms with Gasteiger partial charge < -0.3 is 4.90 Å². The van der Waals surface area contributed by atoms with E-state index < -0.39 is 8.07 Å². The van der Waals surface area contributed by atoms with Crippen LogP contribution >= 0.6 is 11.8 Å². The van der Waals surface area contributed by atoms with Crippen LogP contribution in [-0.2, 0) is 0 Å². The maximum absolute atomic E-state index is 3.23. The molecule has 3 heterocycles. The van der Waals surface area contributed by atoms with E-state index in [1.165, 1.54) is 114 Å². The van der Waals surface area contributed by atoms with Gasteiger partial charge in [-0.3, -0.25) is 0 Å². The van der Waals surface area contributed by atoms with E-state index in [-0.39, 0.29) is 6.71 Å². The number of nitrogens with zero attached hydrogens (tertiary/aromatic N) is 1. The van der Waals surface area contributed by atoms with Crippen LogP contribution in [0.2, 0.25) is 0 Å². The number of allylic oxidation sites excluding steroid dienone is 2. The van der Waals surface area contributed by atoms with Gasteiger partial charge >= 0.3 is 0 Å². The molecule has 1 spiro atoms. The Morgan fingerprint density at radius 1 is 0.394 bits per heavy atom. The van der Waals surface area contributed by atoms with Crippen LogP contribution in [0.25, 0.3) is 21.5 Å². The second-order valence-corrected chi connectivity index (χ2v) is 25.1. The first-order chi connectivity index (χ1) is 34.8. The zero-order valence-electron chi connectivity index (χ0n) is 41.5. The van der Waals surface area contributed by atoms with Crippen molar-refractivity contribution in [3.8, 4) is 0 Å². The average molecular weight is 948 g/mol. The number of anilines is 3. The van der Waals surface area contributed by atoms with Crippen molar-refractivity contribution in [1.82, 2.24) is 0 Å². The SMILES string of the molecule is CC(C)c1cc(C(C)C)c(B2c3ccccc3Sc3cc(N4c5ccccc5[Si]5(C(c6ccccc6)=C(c6ccccc6)C(c6ccccc6)=C5c5ccccc5)c5ccccc54)ccc32)c(C(C)C)c1. The second-order valence-electron chi connectivity index (χ2n) is 20.5. The Kier molecular flexibility index (Phi) is 11.6. The Hall–Kier alpha value is -7.11. The zero-order chi connectivity index (χ0) is 48.4. The monoisotopic (exact) mass is 947 g/mol. The Morgan fingerprint density at radius 3 is 1.30 bits per heavy atom. The number of fused-ring (bicyclic) bond motifs is 6. The molecule has 3 aliphatic heterocycles. The Morgan fingerprint density at radius 2 is 0.817 bits per heavy atom. The highest BCUT2D eigenvalue weighted by Crippen LogP contribution is 2.58. The lowest BCUT2D eigenvalue weighted by molar-refractivity contribution is 0.812. The summed E-state index contributed by atoms with van der Waals surface area (Å²) in [6.45, 7) is 14.3. The standard InChI is InChI=1S/C67H58BNSSi/c1-44(2)51-41-53(45(3)4)65(54(42-51)46(5)6)68-55-33-19-22-36-59(55)70-60-43-52(39-40-56(60)68)69-57-34-20-23-37-61(57)71(62-38-24-21-35-58(62)69)66(49-29-15-9-16-30-49)63(47-25-11-7-12-26-47)64(48-27-13-8-14-28-48)67(71)50-31-17-10-18-32-50/h7-46H,1-6H3. The minimum atomic E-state index is -3.23. The summed E-state index contributed by atoms with van der Waals surface area (Å²) < 4.78 is 0. The average Bonchev–Trinajstić information content (AvgIpc) is 3.73. The summed E-state index contributed by atoms with van der Waals surface area (Å²) in [6, 6.07) is 85.7. The molecule has 0 atom stereocenters. The van der Waals surface area contributed by atoms with Gasteiger partial charge in [-0.2, -0.15) is 0 Å². The van der Waals surface area contributed by atoms with E-state index in [1.807, 2.05) is 11.8 Å². The third-order valence-corrected chi connectivity index (χ3v) is 21.5. The van der Waals surface area contributed by atoms with Gasteiger partial charge in [-0.25, -0.2) is 0 Å². The summed E-state index contributed by atoms with van der Waals surface area (Å²) >= 11 is 1.94. The van der Waals surface area contributed by atoms with Gasteiger partial charge in [-0.05, 0) is 119 Å². The van der Waals surface area contributed by atoms with Gasteiger partial charge in [0.1, 0.15) is 0 Å². The van der Waals surface area contributed by atoms with Crippen LogP contribution in [0.4, 0.5) is 17.1 Å². The van der Waals surface area contributed by atoms with Gasteiger partial charge in [0.15, 0.2) is 8.07 Å². The van der Waals surface area contributed by atoms with Gasteiger partial charge in [0, 0.05) is 26.9 Å². The van der Waals surface area contributed by atoms with Crippen molar-refractivity contribution in [2.45, 2.75) is 69.1 Å². The first-order valence-electron chi connectivity index (χ1n) is 25.5. The Labute approximate surface area is 426 Å². The van der Waals surface area contributed by atoms with Gasteiger partial charge in [-0.15, -0.1) is 0 Å². The molecule has 3 aliphatic rings. The van der Waals surface area contributed by atoms with Crippen LogP contribution in [0, 0.1) is 0 Å². The summed E-state index contributed by atoms with van der Waals surface area (Å²) in [4.78, 5) is 5.27. The second kappa shape index (κ2) is 18.3.